The maximum Gasteiger partial charge on any atom is 0.310 e. The number of benzene rings is 1. The van der Waals surface area contributed by atoms with Crippen LogP contribution in [0.25, 0.3) is 0 Å². The van der Waals surface area contributed by atoms with Crippen molar-refractivity contribution >= 4 is 5.97 Å². The molecule has 0 bridgehead atoms. The van der Waals surface area contributed by atoms with Crippen molar-refractivity contribution in [2.45, 2.75) is 31.8 Å². The van der Waals surface area contributed by atoms with Crippen LogP contribution in [0.5, 0.6) is 0 Å². The van der Waals surface area contributed by atoms with Crippen molar-refractivity contribution in [2.75, 3.05) is 0 Å². The molecule has 2 fully saturated rings. The van der Waals surface area contributed by atoms with Gasteiger partial charge in [-0.2, -0.15) is 0 Å². The molecule has 0 spiro atoms. The van der Waals surface area contributed by atoms with Crippen LogP contribution in [0, 0.1) is 23.6 Å². The summed E-state index contributed by atoms with van der Waals surface area (Å²) in [6.07, 6.45) is 7.56. The van der Waals surface area contributed by atoms with Gasteiger partial charge in [-0.15, -0.1) is 0 Å². The Morgan fingerprint density at radius 1 is 1.00 bits per heavy atom. The number of nitrogens with zero attached hydrogens (tertiary/aromatic N) is 1. The predicted molar refractivity (Wildman–Crippen MR) is 87.5 cm³/mol. The molecule has 4 rings (SSSR count). The van der Waals surface area contributed by atoms with Crippen molar-refractivity contribution in [1.82, 2.24) is 4.98 Å². The zero-order valence-corrected chi connectivity index (χ0v) is 13.4. The molecule has 2 saturated carbocycles. The van der Waals surface area contributed by atoms with Gasteiger partial charge in [-0.05, 0) is 54.5 Å². The van der Waals surface area contributed by atoms with E-state index in [2.05, 4.69) is 4.98 Å². The number of carbonyl (C=O) groups excluding carboxylic acids is 1. The fraction of sp³-hybridized carbons (Fsp3) is 0.400. The SMILES string of the molecule is O=C(OC(c1ccncc1)c1ccc(F)cc1)C1C2CCCCC21. The minimum absolute atomic E-state index is 0.0530. The van der Waals surface area contributed by atoms with Crippen molar-refractivity contribution in [1.29, 1.82) is 0 Å². The van der Waals surface area contributed by atoms with E-state index in [1.807, 2.05) is 12.1 Å². The van der Waals surface area contributed by atoms with E-state index < -0.39 is 6.10 Å². The van der Waals surface area contributed by atoms with Gasteiger partial charge in [-0.1, -0.05) is 25.0 Å². The smallest absolute Gasteiger partial charge is 0.310 e. The highest BCUT2D eigenvalue weighted by molar-refractivity contribution is 5.77. The monoisotopic (exact) mass is 325 g/mol. The summed E-state index contributed by atoms with van der Waals surface area (Å²) in [5, 5.41) is 0. The molecule has 0 aliphatic heterocycles. The van der Waals surface area contributed by atoms with Crippen LogP contribution in [0.1, 0.15) is 42.9 Å². The Kier molecular flexibility index (Phi) is 4.05. The van der Waals surface area contributed by atoms with E-state index in [9.17, 15) is 9.18 Å². The van der Waals surface area contributed by atoms with Gasteiger partial charge < -0.3 is 4.74 Å². The number of fused-ring (bicyclic) bond motifs is 1. The Hall–Kier alpha value is -2.23. The van der Waals surface area contributed by atoms with Crippen LogP contribution in [0.15, 0.2) is 48.8 Å². The zero-order valence-electron chi connectivity index (χ0n) is 13.4. The fourth-order valence-corrected chi connectivity index (χ4v) is 4.04. The largest absolute Gasteiger partial charge is 0.452 e. The first-order valence-corrected chi connectivity index (χ1v) is 8.60. The van der Waals surface area contributed by atoms with Crippen LogP contribution in [0.4, 0.5) is 4.39 Å². The van der Waals surface area contributed by atoms with Gasteiger partial charge in [0.1, 0.15) is 5.82 Å². The number of esters is 1. The lowest BCUT2D eigenvalue weighted by molar-refractivity contribution is -0.149. The topological polar surface area (TPSA) is 39.2 Å². The van der Waals surface area contributed by atoms with Crippen LogP contribution in [0.3, 0.4) is 0 Å². The number of halogens is 1. The number of hydrogen-bond donors (Lipinski definition) is 0. The average molecular weight is 325 g/mol. The molecule has 1 aromatic heterocycles. The molecule has 0 radical (unpaired) electrons. The molecule has 124 valence electrons. The van der Waals surface area contributed by atoms with Gasteiger partial charge in [-0.3, -0.25) is 9.78 Å². The Bertz CT molecular complexity index is 704. The van der Waals surface area contributed by atoms with E-state index in [4.69, 9.17) is 4.74 Å². The average Bonchev–Trinajstić information content (AvgIpc) is 3.36. The second-order valence-corrected chi connectivity index (χ2v) is 6.79. The van der Waals surface area contributed by atoms with Gasteiger partial charge in [0.25, 0.3) is 0 Å². The van der Waals surface area contributed by atoms with E-state index in [-0.39, 0.29) is 17.7 Å². The minimum atomic E-state index is -0.510. The van der Waals surface area contributed by atoms with E-state index in [0.717, 1.165) is 24.0 Å². The summed E-state index contributed by atoms with van der Waals surface area (Å²) in [6.45, 7) is 0. The summed E-state index contributed by atoms with van der Waals surface area (Å²) >= 11 is 0. The summed E-state index contributed by atoms with van der Waals surface area (Å²) in [6, 6.07) is 9.81. The lowest BCUT2D eigenvalue weighted by Gasteiger charge is -2.19. The summed E-state index contributed by atoms with van der Waals surface area (Å²) < 4.78 is 19.1. The van der Waals surface area contributed by atoms with Crippen molar-refractivity contribution in [3.8, 4) is 0 Å². The van der Waals surface area contributed by atoms with Crippen LogP contribution < -0.4 is 0 Å². The molecule has 0 saturated heterocycles. The number of aromatic nitrogens is 1. The number of hydrogen-bond acceptors (Lipinski definition) is 3. The zero-order chi connectivity index (χ0) is 16.5. The molecule has 3 atom stereocenters. The van der Waals surface area contributed by atoms with Gasteiger partial charge in [0.2, 0.25) is 0 Å². The Morgan fingerprint density at radius 2 is 1.58 bits per heavy atom. The summed E-state index contributed by atoms with van der Waals surface area (Å²) in [5.74, 6) is 0.664. The Balaban J connectivity index is 1.56. The maximum absolute atomic E-state index is 13.2. The number of rotatable bonds is 4. The highest BCUT2D eigenvalue weighted by Gasteiger charge is 2.56. The third kappa shape index (κ3) is 2.93. The second-order valence-electron chi connectivity index (χ2n) is 6.79. The molecule has 4 heteroatoms. The van der Waals surface area contributed by atoms with Crippen LogP contribution in [0.2, 0.25) is 0 Å². The highest BCUT2D eigenvalue weighted by atomic mass is 19.1. The van der Waals surface area contributed by atoms with Gasteiger partial charge in [0.05, 0.1) is 5.92 Å². The molecule has 2 aromatic rings. The van der Waals surface area contributed by atoms with Crippen molar-refractivity contribution in [2.24, 2.45) is 17.8 Å². The molecule has 0 N–H and O–H groups in total. The van der Waals surface area contributed by atoms with Gasteiger partial charge in [0.15, 0.2) is 6.10 Å². The van der Waals surface area contributed by atoms with Crippen molar-refractivity contribution < 1.29 is 13.9 Å². The maximum atomic E-state index is 13.2. The van der Waals surface area contributed by atoms with Crippen LogP contribution in [-0.2, 0) is 9.53 Å². The third-order valence-electron chi connectivity index (χ3n) is 5.34. The number of pyridine rings is 1. The molecule has 1 aromatic carbocycles. The molecular weight excluding hydrogens is 305 g/mol. The Morgan fingerprint density at radius 3 is 2.21 bits per heavy atom. The molecule has 0 amide bonds. The number of carbonyl (C=O) groups is 1. The van der Waals surface area contributed by atoms with E-state index in [1.54, 1.807) is 24.5 Å². The third-order valence-corrected chi connectivity index (χ3v) is 5.34. The minimum Gasteiger partial charge on any atom is -0.452 e. The van der Waals surface area contributed by atoms with E-state index in [0.29, 0.717) is 11.8 Å². The van der Waals surface area contributed by atoms with Crippen molar-refractivity contribution in [3.63, 3.8) is 0 Å². The van der Waals surface area contributed by atoms with E-state index >= 15 is 0 Å². The molecular formula is C20H20FNO2. The van der Waals surface area contributed by atoms with Gasteiger partial charge in [0, 0.05) is 18.0 Å². The molecule has 2 aliphatic rings. The summed E-state index contributed by atoms with van der Waals surface area (Å²) in [5.41, 5.74) is 1.63. The molecule has 3 nitrogen and oxygen atoms in total. The Labute approximate surface area is 140 Å². The lowest BCUT2D eigenvalue weighted by atomic mass is 10.0. The van der Waals surface area contributed by atoms with Crippen LogP contribution >= 0.6 is 0 Å². The lowest BCUT2D eigenvalue weighted by Crippen LogP contribution is -2.15. The standard InChI is InChI=1S/C20H20FNO2/c21-15-7-5-13(6-8-15)19(14-9-11-22-12-10-14)24-20(23)18-16-3-1-2-4-17(16)18/h5-12,16-19H,1-4H2. The molecule has 1 heterocycles. The molecule has 24 heavy (non-hydrogen) atoms. The normalized spacial score (nSPS) is 26.3. The fourth-order valence-electron chi connectivity index (χ4n) is 4.04. The number of ether oxygens (including phenoxy) is 1. The summed E-state index contributed by atoms with van der Waals surface area (Å²) in [7, 11) is 0. The second kappa shape index (κ2) is 6.34. The first-order chi connectivity index (χ1) is 11.7. The highest BCUT2D eigenvalue weighted by Crippen LogP contribution is 2.56. The molecule has 3 unspecified atom stereocenters. The first-order valence-electron chi connectivity index (χ1n) is 8.60. The first kappa shape index (κ1) is 15.3. The molecule has 2 aliphatic carbocycles. The summed E-state index contributed by atoms with van der Waals surface area (Å²) in [4.78, 5) is 16.7. The van der Waals surface area contributed by atoms with Crippen molar-refractivity contribution in [3.05, 3.63) is 65.7 Å². The van der Waals surface area contributed by atoms with Gasteiger partial charge >= 0.3 is 5.97 Å². The quantitative estimate of drug-likeness (QED) is 0.787. The van der Waals surface area contributed by atoms with E-state index in [1.165, 1.54) is 25.0 Å². The predicted octanol–water partition coefficient (Wildman–Crippen LogP) is 4.29. The van der Waals surface area contributed by atoms with Gasteiger partial charge in [-0.25, -0.2) is 4.39 Å². The van der Waals surface area contributed by atoms with Crippen LogP contribution in [-0.4, -0.2) is 11.0 Å².